The van der Waals surface area contributed by atoms with E-state index < -0.39 is 0 Å². The molecule has 4 heteroatoms. The maximum absolute atomic E-state index is 5.33. The van der Waals surface area contributed by atoms with Gasteiger partial charge in [0.2, 0.25) is 0 Å². The molecule has 0 aliphatic heterocycles. The molecule has 2 unspecified atom stereocenters. The molecule has 0 saturated heterocycles. The number of rotatable bonds is 3. The molecule has 1 fully saturated rings. The topological polar surface area (TPSA) is 36.4 Å². The van der Waals surface area contributed by atoms with E-state index in [1.807, 2.05) is 6.21 Å². The summed E-state index contributed by atoms with van der Waals surface area (Å²) in [6.45, 7) is 8.87. The largest absolute Gasteiger partial charge is 0.331 e. The summed E-state index contributed by atoms with van der Waals surface area (Å²) in [4.78, 5) is 0. The Morgan fingerprint density at radius 1 is 1.35 bits per heavy atom. The van der Waals surface area contributed by atoms with Gasteiger partial charge in [-0.05, 0) is 78.9 Å². The van der Waals surface area contributed by atoms with Gasteiger partial charge in [0.15, 0.2) is 5.11 Å². The summed E-state index contributed by atoms with van der Waals surface area (Å²) in [7, 11) is 0. The number of anilines is 1. The lowest BCUT2D eigenvalue weighted by molar-refractivity contribution is -0.00126. The number of hydrazone groups is 1. The van der Waals surface area contributed by atoms with Gasteiger partial charge in [-0.15, -0.1) is 0 Å². The summed E-state index contributed by atoms with van der Waals surface area (Å²) >= 11 is 5.33. The summed E-state index contributed by atoms with van der Waals surface area (Å²) in [6.07, 6.45) is 6.75. The number of aryl methyl sites for hydroxylation is 2. The van der Waals surface area contributed by atoms with Crippen molar-refractivity contribution in [1.29, 1.82) is 0 Å². The summed E-state index contributed by atoms with van der Waals surface area (Å²) in [5, 5.41) is 8.08. The smallest absolute Gasteiger partial charge is 0.191 e. The first-order chi connectivity index (χ1) is 10.9. The predicted molar refractivity (Wildman–Crippen MR) is 102 cm³/mol. The van der Waals surface area contributed by atoms with Crippen LogP contribution in [0.25, 0.3) is 0 Å². The van der Waals surface area contributed by atoms with E-state index in [4.69, 9.17) is 12.2 Å². The van der Waals surface area contributed by atoms with Gasteiger partial charge >= 0.3 is 0 Å². The molecule has 3 aliphatic rings. The molecule has 4 rings (SSSR count). The Balaban J connectivity index is 1.57. The second-order valence-electron chi connectivity index (χ2n) is 7.39. The number of thiocarbonyl (C=S) groups is 1. The van der Waals surface area contributed by atoms with E-state index in [0.717, 1.165) is 11.6 Å². The third-order valence-corrected chi connectivity index (χ3v) is 5.73. The summed E-state index contributed by atoms with van der Waals surface area (Å²) < 4.78 is 0. The number of benzene rings is 1. The Hall–Kier alpha value is -1.68. The minimum Gasteiger partial charge on any atom is -0.331 e. The van der Waals surface area contributed by atoms with Crippen LogP contribution in [0, 0.1) is 31.1 Å². The molecule has 1 aromatic rings. The fourth-order valence-corrected chi connectivity index (χ4v) is 3.89. The molecule has 2 bridgehead atoms. The second-order valence-corrected chi connectivity index (χ2v) is 7.80. The van der Waals surface area contributed by atoms with Crippen molar-refractivity contribution in [3.63, 3.8) is 0 Å². The van der Waals surface area contributed by atoms with E-state index in [0.29, 0.717) is 16.4 Å². The van der Waals surface area contributed by atoms with Crippen LogP contribution >= 0.6 is 12.2 Å². The molecule has 0 heterocycles. The molecule has 1 saturated carbocycles. The van der Waals surface area contributed by atoms with Crippen LogP contribution < -0.4 is 10.7 Å². The van der Waals surface area contributed by atoms with E-state index in [-0.39, 0.29) is 0 Å². The van der Waals surface area contributed by atoms with Gasteiger partial charge < -0.3 is 5.32 Å². The molecule has 122 valence electrons. The highest BCUT2D eigenvalue weighted by Crippen LogP contribution is 2.58. The molecule has 0 aromatic heterocycles. The summed E-state index contributed by atoms with van der Waals surface area (Å²) in [5.74, 6) is 1.50. The van der Waals surface area contributed by atoms with Crippen LogP contribution in [0.4, 0.5) is 5.69 Å². The molecule has 2 N–H and O–H groups in total. The Kier molecular flexibility index (Phi) is 4.28. The second kappa shape index (κ2) is 6.08. The summed E-state index contributed by atoms with van der Waals surface area (Å²) in [6, 6.07) is 6.28. The first kappa shape index (κ1) is 16.2. The molecule has 0 radical (unpaired) electrons. The quantitative estimate of drug-likeness (QED) is 0.485. The Morgan fingerprint density at radius 3 is 2.83 bits per heavy atom. The number of nitrogens with one attached hydrogen (secondary N) is 2. The van der Waals surface area contributed by atoms with E-state index in [2.05, 4.69) is 67.8 Å². The van der Waals surface area contributed by atoms with Crippen LogP contribution in [-0.4, -0.2) is 11.3 Å². The van der Waals surface area contributed by atoms with Crippen LogP contribution in [0.1, 0.15) is 37.8 Å². The number of hydrogen-bond acceptors (Lipinski definition) is 2. The Labute approximate surface area is 144 Å². The monoisotopic (exact) mass is 327 g/mol. The van der Waals surface area contributed by atoms with Gasteiger partial charge in [0.1, 0.15) is 0 Å². The molecule has 3 aliphatic carbocycles. The highest BCUT2D eigenvalue weighted by molar-refractivity contribution is 7.80. The average Bonchev–Trinajstić information content (AvgIpc) is 2.51. The van der Waals surface area contributed by atoms with E-state index in [9.17, 15) is 0 Å². The van der Waals surface area contributed by atoms with Crippen molar-refractivity contribution in [3.8, 4) is 0 Å². The molecule has 1 aromatic carbocycles. The van der Waals surface area contributed by atoms with Gasteiger partial charge in [-0.2, -0.15) is 5.10 Å². The van der Waals surface area contributed by atoms with Crippen molar-refractivity contribution < 1.29 is 0 Å². The van der Waals surface area contributed by atoms with Gasteiger partial charge in [0.05, 0.1) is 6.21 Å². The lowest BCUT2D eigenvalue weighted by atomic mass is 9.49. The zero-order valence-corrected chi connectivity index (χ0v) is 15.1. The van der Waals surface area contributed by atoms with Crippen molar-refractivity contribution in [3.05, 3.63) is 41.0 Å². The van der Waals surface area contributed by atoms with E-state index >= 15 is 0 Å². The maximum atomic E-state index is 5.33. The van der Waals surface area contributed by atoms with Crippen LogP contribution in [0.2, 0.25) is 0 Å². The number of nitrogens with zero attached hydrogens (tertiary/aromatic N) is 1. The lowest BCUT2D eigenvalue weighted by Crippen LogP contribution is -2.48. The van der Waals surface area contributed by atoms with Crippen molar-refractivity contribution in [1.82, 2.24) is 5.43 Å². The van der Waals surface area contributed by atoms with Gasteiger partial charge in [-0.25, -0.2) is 0 Å². The molecular weight excluding hydrogens is 302 g/mol. The fourth-order valence-electron chi connectivity index (χ4n) is 3.73. The lowest BCUT2D eigenvalue weighted by Gasteiger charge is -2.55. The number of allylic oxidation sites excluding steroid dienone is 2. The van der Waals surface area contributed by atoms with Gasteiger partial charge in [0, 0.05) is 5.69 Å². The van der Waals surface area contributed by atoms with Crippen LogP contribution in [0.3, 0.4) is 0 Å². The third kappa shape index (κ3) is 3.18. The average molecular weight is 327 g/mol. The third-order valence-electron chi connectivity index (χ3n) is 5.53. The number of hydrogen-bond donors (Lipinski definition) is 2. The SMILES string of the molecule is Cc1ccc(C)c(NC(=S)N/N=C/C2=CCC3CC2C3(C)C)c1. The summed E-state index contributed by atoms with van der Waals surface area (Å²) in [5.41, 5.74) is 8.11. The molecule has 0 amide bonds. The molecule has 0 spiro atoms. The first-order valence-corrected chi connectivity index (χ1v) is 8.66. The standard InChI is InChI=1S/C19H25N3S/c1-12-5-6-13(2)17(9-12)21-18(23)22-20-11-14-7-8-15-10-16(14)19(15,3)4/h5-7,9,11,15-16H,8,10H2,1-4H3,(H2,21,22,23)/b20-11+. The van der Waals surface area contributed by atoms with Gasteiger partial charge in [-0.1, -0.05) is 32.1 Å². The molecule has 3 nitrogen and oxygen atoms in total. The zero-order chi connectivity index (χ0) is 16.6. The fraction of sp³-hybridized carbons (Fsp3) is 0.474. The molecular formula is C19H25N3S. The van der Waals surface area contributed by atoms with Gasteiger partial charge in [0.25, 0.3) is 0 Å². The minimum atomic E-state index is 0.424. The zero-order valence-electron chi connectivity index (χ0n) is 14.3. The van der Waals surface area contributed by atoms with E-state index in [1.54, 1.807) is 0 Å². The Morgan fingerprint density at radius 2 is 2.13 bits per heavy atom. The highest BCUT2D eigenvalue weighted by Gasteiger charge is 2.50. The van der Waals surface area contributed by atoms with Gasteiger partial charge in [-0.3, -0.25) is 5.43 Å². The number of fused-ring (bicyclic) bond motifs is 1. The van der Waals surface area contributed by atoms with Crippen molar-refractivity contribution in [2.75, 3.05) is 5.32 Å². The molecule has 23 heavy (non-hydrogen) atoms. The first-order valence-electron chi connectivity index (χ1n) is 8.25. The van der Waals surface area contributed by atoms with Crippen LogP contribution in [-0.2, 0) is 0 Å². The van der Waals surface area contributed by atoms with Crippen LogP contribution in [0.5, 0.6) is 0 Å². The minimum absolute atomic E-state index is 0.424. The van der Waals surface area contributed by atoms with Crippen molar-refractivity contribution in [2.24, 2.45) is 22.4 Å². The normalized spacial score (nSPS) is 24.8. The van der Waals surface area contributed by atoms with E-state index in [1.165, 1.54) is 29.5 Å². The highest BCUT2D eigenvalue weighted by atomic mass is 32.1. The predicted octanol–water partition coefficient (Wildman–Crippen LogP) is 4.57. The maximum Gasteiger partial charge on any atom is 0.191 e. The van der Waals surface area contributed by atoms with Crippen molar-refractivity contribution in [2.45, 2.75) is 40.5 Å². The van der Waals surface area contributed by atoms with Crippen LogP contribution in [0.15, 0.2) is 34.9 Å². The molecule has 2 atom stereocenters. The van der Waals surface area contributed by atoms with Crippen molar-refractivity contribution >= 4 is 29.2 Å². The Bertz CT molecular complexity index is 688.